The zero-order valence-electron chi connectivity index (χ0n) is 13.2. The molecule has 24 heavy (non-hydrogen) atoms. The molecule has 0 N–H and O–H groups in total. The van der Waals surface area contributed by atoms with Crippen molar-refractivity contribution in [3.05, 3.63) is 58.1 Å². The highest BCUT2D eigenvalue weighted by molar-refractivity contribution is 7.98. The molecule has 0 aliphatic rings. The molecule has 124 valence electrons. The zero-order chi connectivity index (χ0) is 17.1. The highest BCUT2D eigenvalue weighted by Crippen LogP contribution is 2.30. The third kappa shape index (κ3) is 3.69. The van der Waals surface area contributed by atoms with Crippen molar-refractivity contribution < 1.29 is 4.74 Å². The van der Waals surface area contributed by atoms with E-state index in [1.807, 2.05) is 48.0 Å². The molecule has 0 saturated carbocycles. The van der Waals surface area contributed by atoms with Gasteiger partial charge in [-0.2, -0.15) is 0 Å². The fourth-order valence-corrected chi connectivity index (χ4v) is 3.70. The Morgan fingerprint density at radius 1 is 1.12 bits per heavy atom. The Balaban J connectivity index is 1.79. The molecule has 3 aromatic rings. The maximum atomic E-state index is 6.22. The average Bonchev–Trinajstić information content (AvgIpc) is 2.95. The molecule has 0 aliphatic carbocycles. The Kier molecular flexibility index (Phi) is 5.33. The molecule has 0 radical (unpaired) electrons. The summed E-state index contributed by atoms with van der Waals surface area (Å²) in [6.07, 6.45) is 0. The van der Waals surface area contributed by atoms with Crippen LogP contribution in [0, 0.1) is 0 Å². The van der Waals surface area contributed by atoms with Crippen molar-refractivity contribution in [3.63, 3.8) is 0 Å². The Morgan fingerprint density at radius 2 is 1.96 bits per heavy atom. The van der Waals surface area contributed by atoms with Gasteiger partial charge in [-0.3, -0.25) is 0 Å². The smallest absolute Gasteiger partial charge is 0.191 e. The number of benzene rings is 2. The van der Waals surface area contributed by atoms with Crippen LogP contribution in [0.25, 0.3) is 11.4 Å². The molecule has 1 heterocycles. The van der Waals surface area contributed by atoms with Crippen LogP contribution >= 0.6 is 35.0 Å². The van der Waals surface area contributed by atoms with Crippen molar-refractivity contribution in [2.75, 3.05) is 7.11 Å². The van der Waals surface area contributed by atoms with E-state index in [2.05, 4.69) is 10.2 Å². The van der Waals surface area contributed by atoms with Crippen LogP contribution in [0.15, 0.2) is 47.6 Å². The highest BCUT2D eigenvalue weighted by Gasteiger charge is 2.12. The van der Waals surface area contributed by atoms with Crippen LogP contribution in [0.4, 0.5) is 0 Å². The third-order valence-electron chi connectivity index (χ3n) is 3.53. The number of nitrogens with zero attached hydrogens (tertiary/aromatic N) is 3. The number of methoxy groups -OCH3 is 1. The van der Waals surface area contributed by atoms with Gasteiger partial charge in [-0.05, 0) is 29.8 Å². The number of aromatic nitrogens is 3. The van der Waals surface area contributed by atoms with E-state index >= 15 is 0 Å². The van der Waals surface area contributed by atoms with Gasteiger partial charge in [0.1, 0.15) is 5.75 Å². The van der Waals surface area contributed by atoms with E-state index in [0.717, 1.165) is 27.9 Å². The lowest BCUT2D eigenvalue weighted by Gasteiger charge is -2.06. The fraction of sp³-hybridized carbons (Fsp3) is 0.176. The summed E-state index contributed by atoms with van der Waals surface area (Å²) in [6.45, 7) is 0. The second-order valence-electron chi connectivity index (χ2n) is 5.12. The number of thioether (sulfide) groups is 1. The van der Waals surface area contributed by atoms with Crippen LogP contribution in [0.2, 0.25) is 10.0 Å². The van der Waals surface area contributed by atoms with E-state index in [9.17, 15) is 0 Å². The average molecular weight is 380 g/mol. The van der Waals surface area contributed by atoms with Gasteiger partial charge in [-0.1, -0.05) is 53.2 Å². The van der Waals surface area contributed by atoms with Crippen LogP contribution in [0.3, 0.4) is 0 Å². The van der Waals surface area contributed by atoms with Gasteiger partial charge in [0.15, 0.2) is 11.0 Å². The maximum Gasteiger partial charge on any atom is 0.191 e. The SMILES string of the molecule is COc1cccc(-c2nnc(SCc3ccc(Cl)cc3Cl)n2C)c1. The van der Waals surface area contributed by atoms with Crippen LogP contribution < -0.4 is 4.74 Å². The van der Waals surface area contributed by atoms with Crippen LogP contribution in [0.5, 0.6) is 5.75 Å². The van der Waals surface area contributed by atoms with Crippen LogP contribution in [-0.2, 0) is 12.8 Å². The van der Waals surface area contributed by atoms with Gasteiger partial charge < -0.3 is 9.30 Å². The maximum absolute atomic E-state index is 6.22. The number of hydrogen-bond donors (Lipinski definition) is 0. The summed E-state index contributed by atoms with van der Waals surface area (Å²) < 4.78 is 7.22. The van der Waals surface area contributed by atoms with Gasteiger partial charge in [0.25, 0.3) is 0 Å². The van der Waals surface area contributed by atoms with E-state index in [-0.39, 0.29) is 0 Å². The van der Waals surface area contributed by atoms with Gasteiger partial charge in [-0.15, -0.1) is 10.2 Å². The highest BCUT2D eigenvalue weighted by atomic mass is 35.5. The topological polar surface area (TPSA) is 39.9 Å². The quantitative estimate of drug-likeness (QED) is 0.578. The van der Waals surface area contributed by atoms with Crippen molar-refractivity contribution in [1.29, 1.82) is 0 Å². The molecule has 0 fully saturated rings. The molecule has 0 atom stereocenters. The summed E-state index contributed by atoms with van der Waals surface area (Å²) in [5.41, 5.74) is 1.97. The Bertz CT molecular complexity index is 867. The number of hydrogen-bond acceptors (Lipinski definition) is 4. The number of ether oxygens (including phenoxy) is 1. The van der Waals surface area contributed by atoms with E-state index in [4.69, 9.17) is 27.9 Å². The lowest BCUT2D eigenvalue weighted by molar-refractivity contribution is 0.415. The minimum Gasteiger partial charge on any atom is -0.497 e. The first-order valence-electron chi connectivity index (χ1n) is 7.19. The molecule has 0 saturated heterocycles. The van der Waals surface area contributed by atoms with Crippen molar-refractivity contribution >= 4 is 35.0 Å². The summed E-state index contributed by atoms with van der Waals surface area (Å²) in [7, 11) is 3.59. The summed E-state index contributed by atoms with van der Waals surface area (Å²) in [5, 5.41) is 10.7. The fourth-order valence-electron chi connectivity index (χ4n) is 2.24. The molecule has 0 spiro atoms. The Labute approximate surface area is 154 Å². The standard InChI is InChI=1S/C17H15Cl2N3OS/c1-22-16(11-4-3-5-14(8-11)23-2)20-21-17(22)24-10-12-6-7-13(18)9-15(12)19/h3-9H,10H2,1-2H3. The lowest BCUT2D eigenvalue weighted by atomic mass is 10.2. The number of rotatable bonds is 5. The Morgan fingerprint density at radius 3 is 2.71 bits per heavy atom. The van der Waals surface area contributed by atoms with Crippen LogP contribution in [-0.4, -0.2) is 21.9 Å². The molecule has 2 aromatic carbocycles. The summed E-state index contributed by atoms with van der Waals surface area (Å²) in [6, 6.07) is 13.3. The molecule has 0 amide bonds. The lowest BCUT2D eigenvalue weighted by Crippen LogP contribution is -1.95. The molecular formula is C17H15Cl2N3OS. The van der Waals surface area contributed by atoms with Gasteiger partial charge >= 0.3 is 0 Å². The first kappa shape index (κ1) is 17.1. The van der Waals surface area contributed by atoms with E-state index in [1.165, 1.54) is 0 Å². The minimum absolute atomic E-state index is 0.632. The van der Waals surface area contributed by atoms with Gasteiger partial charge in [0.05, 0.1) is 7.11 Å². The van der Waals surface area contributed by atoms with Gasteiger partial charge in [-0.25, -0.2) is 0 Å². The van der Waals surface area contributed by atoms with Crippen molar-refractivity contribution in [2.45, 2.75) is 10.9 Å². The molecule has 7 heteroatoms. The van der Waals surface area contributed by atoms with Crippen LogP contribution in [0.1, 0.15) is 5.56 Å². The normalized spacial score (nSPS) is 10.8. The van der Waals surface area contributed by atoms with E-state index in [1.54, 1.807) is 24.9 Å². The second kappa shape index (κ2) is 7.47. The minimum atomic E-state index is 0.632. The van der Waals surface area contributed by atoms with Crippen molar-refractivity contribution in [2.24, 2.45) is 7.05 Å². The largest absolute Gasteiger partial charge is 0.497 e. The Hall–Kier alpha value is -1.69. The number of halogens is 2. The third-order valence-corrected chi connectivity index (χ3v) is 5.19. The second-order valence-corrected chi connectivity index (χ2v) is 6.91. The molecule has 0 unspecified atom stereocenters. The zero-order valence-corrected chi connectivity index (χ0v) is 15.5. The van der Waals surface area contributed by atoms with Gasteiger partial charge in [0.2, 0.25) is 0 Å². The molecule has 1 aromatic heterocycles. The van der Waals surface area contributed by atoms with Gasteiger partial charge in [0, 0.05) is 28.4 Å². The van der Waals surface area contributed by atoms with Crippen molar-refractivity contribution in [3.8, 4) is 17.1 Å². The molecular weight excluding hydrogens is 365 g/mol. The van der Waals surface area contributed by atoms with Crippen molar-refractivity contribution in [1.82, 2.24) is 14.8 Å². The summed E-state index contributed by atoms with van der Waals surface area (Å²) >= 11 is 13.7. The summed E-state index contributed by atoms with van der Waals surface area (Å²) in [4.78, 5) is 0. The monoisotopic (exact) mass is 379 g/mol. The van der Waals surface area contributed by atoms with E-state index < -0.39 is 0 Å². The predicted molar refractivity (Wildman–Crippen MR) is 99.0 cm³/mol. The first-order valence-corrected chi connectivity index (χ1v) is 8.93. The molecule has 0 aliphatic heterocycles. The predicted octanol–water partition coefficient (Wildman–Crippen LogP) is 5.09. The molecule has 4 nitrogen and oxygen atoms in total. The summed E-state index contributed by atoms with van der Waals surface area (Å²) in [5.74, 6) is 2.27. The molecule has 3 rings (SSSR count). The van der Waals surface area contributed by atoms with E-state index in [0.29, 0.717) is 15.8 Å². The first-order chi connectivity index (χ1) is 11.6. The molecule has 0 bridgehead atoms.